The van der Waals surface area contributed by atoms with Crippen molar-refractivity contribution in [2.24, 2.45) is 11.8 Å². The molecule has 0 N–H and O–H groups in total. The van der Waals surface area contributed by atoms with Gasteiger partial charge in [0.25, 0.3) is 0 Å². The number of nitrogens with zero attached hydrogens (tertiary/aromatic N) is 1. The maximum atomic E-state index is 5.40. The summed E-state index contributed by atoms with van der Waals surface area (Å²) >= 11 is 4.79. The average molecular weight is 231 g/mol. The molecular formula is C12H25NOS. The van der Waals surface area contributed by atoms with E-state index in [2.05, 4.69) is 32.6 Å². The minimum atomic E-state index is 0.461. The quantitative estimate of drug-likeness (QED) is 0.745. The van der Waals surface area contributed by atoms with Crippen molar-refractivity contribution in [3.63, 3.8) is 0 Å². The van der Waals surface area contributed by atoms with Gasteiger partial charge in [0.1, 0.15) is 0 Å². The second-order valence-corrected chi connectivity index (χ2v) is 5.71. The molecular weight excluding hydrogens is 206 g/mol. The van der Waals surface area contributed by atoms with Crippen LogP contribution in [-0.4, -0.2) is 42.5 Å². The third-order valence-corrected chi connectivity index (χ3v) is 4.09. The van der Waals surface area contributed by atoms with Crippen molar-refractivity contribution in [1.82, 2.24) is 4.90 Å². The van der Waals surface area contributed by atoms with Crippen LogP contribution < -0.4 is 0 Å². The van der Waals surface area contributed by atoms with E-state index in [4.69, 9.17) is 17.4 Å². The van der Waals surface area contributed by atoms with Gasteiger partial charge >= 0.3 is 0 Å². The Hall–Kier alpha value is 0.270. The predicted molar refractivity (Wildman–Crippen MR) is 68.6 cm³/mol. The second kappa shape index (κ2) is 6.12. The first-order valence-corrected chi connectivity index (χ1v) is 6.55. The highest BCUT2D eigenvalue weighted by Crippen LogP contribution is 2.25. The van der Waals surface area contributed by atoms with Crippen LogP contribution in [0.25, 0.3) is 0 Å². The molecule has 1 heterocycles. The molecule has 0 aromatic heterocycles. The van der Waals surface area contributed by atoms with Crippen molar-refractivity contribution in [3.05, 3.63) is 0 Å². The van der Waals surface area contributed by atoms with Crippen LogP contribution in [-0.2, 0) is 4.74 Å². The molecule has 0 amide bonds. The zero-order chi connectivity index (χ0) is 11.4. The maximum Gasteiger partial charge on any atom is 0.0594 e. The van der Waals surface area contributed by atoms with Gasteiger partial charge < -0.3 is 4.74 Å². The topological polar surface area (TPSA) is 12.5 Å². The lowest BCUT2D eigenvalue weighted by molar-refractivity contribution is 0.00326. The van der Waals surface area contributed by atoms with E-state index in [0.717, 1.165) is 26.3 Å². The Morgan fingerprint density at radius 3 is 1.93 bits per heavy atom. The van der Waals surface area contributed by atoms with Gasteiger partial charge in [-0.1, -0.05) is 27.7 Å². The summed E-state index contributed by atoms with van der Waals surface area (Å²) < 4.78 is 5.40. The van der Waals surface area contributed by atoms with Crippen molar-refractivity contribution in [1.29, 1.82) is 0 Å². The Labute approximate surface area is 99.8 Å². The van der Waals surface area contributed by atoms with Gasteiger partial charge in [0, 0.05) is 24.4 Å². The van der Waals surface area contributed by atoms with E-state index in [0.29, 0.717) is 23.1 Å². The zero-order valence-corrected chi connectivity index (χ0v) is 11.3. The molecule has 15 heavy (non-hydrogen) atoms. The standard InChI is InChI=1S/C12H25NOS/c1-9(2)11(12(15)10(3)4)13-5-7-14-8-6-13/h9-12,15H,5-8H2,1-4H3/t11-,12+/m0/s1. The smallest absolute Gasteiger partial charge is 0.0594 e. The molecule has 1 aliphatic rings. The van der Waals surface area contributed by atoms with Crippen LogP contribution in [0.1, 0.15) is 27.7 Å². The predicted octanol–water partition coefficient (Wildman–Crippen LogP) is 2.30. The molecule has 0 aromatic rings. The summed E-state index contributed by atoms with van der Waals surface area (Å²) in [7, 11) is 0. The fraction of sp³-hybridized carbons (Fsp3) is 1.00. The van der Waals surface area contributed by atoms with E-state index in [-0.39, 0.29) is 0 Å². The molecule has 0 saturated carbocycles. The van der Waals surface area contributed by atoms with Crippen LogP contribution in [0.4, 0.5) is 0 Å². The van der Waals surface area contributed by atoms with Crippen molar-refractivity contribution in [2.45, 2.75) is 39.0 Å². The molecule has 1 saturated heterocycles. The van der Waals surface area contributed by atoms with E-state index in [1.54, 1.807) is 0 Å². The van der Waals surface area contributed by atoms with Crippen LogP contribution in [0, 0.1) is 11.8 Å². The Morgan fingerprint density at radius 2 is 1.53 bits per heavy atom. The van der Waals surface area contributed by atoms with Gasteiger partial charge in [0.2, 0.25) is 0 Å². The van der Waals surface area contributed by atoms with Gasteiger partial charge in [-0.25, -0.2) is 0 Å². The molecule has 0 aromatic carbocycles. The van der Waals surface area contributed by atoms with Gasteiger partial charge in [0.05, 0.1) is 13.2 Å². The van der Waals surface area contributed by atoms with Crippen LogP contribution >= 0.6 is 12.6 Å². The van der Waals surface area contributed by atoms with Gasteiger partial charge in [-0.2, -0.15) is 12.6 Å². The average Bonchev–Trinajstić information content (AvgIpc) is 2.18. The molecule has 0 aliphatic carbocycles. The molecule has 1 rings (SSSR count). The minimum absolute atomic E-state index is 0.461. The fourth-order valence-corrected chi connectivity index (χ4v) is 2.83. The zero-order valence-electron chi connectivity index (χ0n) is 10.4. The lowest BCUT2D eigenvalue weighted by Crippen LogP contribution is -2.51. The van der Waals surface area contributed by atoms with Crippen molar-refractivity contribution >= 4 is 12.6 Å². The summed E-state index contributed by atoms with van der Waals surface area (Å²) in [6, 6.07) is 0.581. The third-order valence-electron chi connectivity index (χ3n) is 3.18. The maximum absolute atomic E-state index is 5.40. The van der Waals surface area contributed by atoms with Crippen molar-refractivity contribution in [2.75, 3.05) is 26.3 Å². The Bertz CT molecular complexity index is 178. The number of hydrogen-bond donors (Lipinski definition) is 1. The van der Waals surface area contributed by atoms with Gasteiger partial charge in [-0.15, -0.1) is 0 Å². The van der Waals surface area contributed by atoms with Gasteiger partial charge in [0.15, 0.2) is 0 Å². The molecule has 1 fully saturated rings. The highest BCUT2D eigenvalue weighted by Gasteiger charge is 2.30. The van der Waals surface area contributed by atoms with Crippen LogP contribution in [0.3, 0.4) is 0 Å². The van der Waals surface area contributed by atoms with Crippen molar-refractivity contribution in [3.8, 4) is 0 Å². The SMILES string of the molecule is CC(C)[C@@H](S)[C@H](C(C)C)N1CCOCC1. The first-order valence-electron chi connectivity index (χ1n) is 6.04. The normalized spacial score (nSPS) is 23.4. The number of rotatable bonds is 4. The highest BCUT2D eigenvalue weighted by molar-refractivity contribution is 7.81. The van der Waals surface area contributed by atoms with Crippen molar-refractivity contribution < 1.29 is 4.74 Å². The number of ether oxygens (including phenoxy) is 1. The Morgan fingerprint density at radius 1 is 1.00 bits per heavy atom. The summed E-state index contributed by atoms with van der Waals surface area (Å²) in [6.07, 6.45) is 0. The summed E-state index contributed by atoms with van der Waals surface area (Å²) in [4.78, 5) is 2.55. The van der Waals surface area contributed by atoms with E-state index in [9.17, 15) is 0 Å². The van der Waals surface area contributed by atoms with E-state index >= 15 is 0 Å². The molecule has 2 nitrogen and oxygen atoms in total. The van der Waals surface area contributed by atoms with Crippen LogP contribution in [0.2, 0.25) is 0 Å². The molecule has 0 unspecified atom stereocenters. The Balaban J connectivity index is 2.63. The second-order valence-electron chi connectivity index (χ2n) is 5.12. The monoisotopic (exact) mass is 231 g/mol. The minimum Gasteiger partial charge on any atom is -0.379 e. The molecule has 2 atom stereocenters. The lowest BCUT2D eigenvalue weighted by Gasteiger charge is -2.41. The fourth-order valence-electron chi connectivity index (χ4n) is 2.30. The first-order chi connectivity index (χ1) is 7.04. The lowest BCUT2D eigenvalue weighted by atomic mass is 9.92. The highest BCUT2D eigenvalue weighted by atomic mass is 32.1. The molecule has 90 valence electrons. The number of hydrogen-bond acceptors (Lipinski definition) is 3. The summed E-state index contributed by atoms with van der Waals surface area (Å²) in [6.45, 7) is 13.0. The summed E-state index contributed by atoms with van der Waals surface area (Å²) in [5.41, 5.74) is 0. The Kier molecular flexibility index (Phi) is 5.44. The molecule has 3 heteroatoms. The molecule has 0 bridgehead atoms. The largest absolute Gasteiger partial charge is 0.379 e. The van der Waals surface area contributed by atoms with E-state index in [1.807, 2.05) is 0 Å². The summed E-state index contributed by atoms with van der Waals surface area (Å²) in [5, 5.41) is 0.461. The number of thiol groups is 1. The number of morpholine rings is 1. The van der Waals surface area contributed by atoms with E-state index < -0.39 is 0 Å². The van der Waals surface area contributed by atoms with Crippen LogP contribution in [0.15, 0.2) is 0 Å². The third kappa shape index (κ3) is 3.65. The molecule has 0 spiro atoms. The molecule has 0 radical (unpaired) electrons. The summed E-state index contributed by atoms with van der Waals surface area (Å²) in [5.74, 6) is 1.29. The molecule has 1 aliphatic heterocycles. The van der Waals surface area contributed by atoms with Gasteiger partial charge in [-0.05, 0) is 11.8 Å². The van der Waals surface area contributed by atoms with Gasteiger partial charge in [-0.3, -0.25) is 4.90 Å². The first kappa shape index (κ1) is 13.3. The van der Waals surface area contributed by atoms with Crippen LogP contribution in [0.5, 0.6) is 0 Å². The van der Waals surface area contributed by atoms with E-state index in [1.165, 1.54) is 0 Å².